The van der Waals surface area contributed by atoms with Crippen LogP contribution in [0.4, 0.5) is 4.39 Å². The molecule has 2 N–H and O–H groups in total. The van der Waals surface area contributed by atoms with Gasteiger partial charge in [0.25, 0.3) is 17.8 Å². The first kappa shape index (κ1) is 17.1. The van der Waals surface area contributed by atoms with Crippen LogP contribution in [-0.2, 0) is 0 Å². The molecule has 1 aliphatic heterocycles. The van der Waals surface area contributed by atoms with Crippen LogP contribution < -0.4 is 5.32 Å². The van der Waals surface area contributed by atoms with Crippen molar-refractivity contribution in [2.75, 3.05) is 13.1 Å². The van der Waals surface area contributed by atoms with Crippen molar-refractivity contribution in [1.82, 2.24) is 25.6 Å². The number of H-pyrrole nitrogens is 1. The molecule has 1 unspecified atom stereocenters. The molecule has 1 atom stereocenters. The van der Waals surface area contributed by atoms with E-state index in [1.54, 1.807) is 11.8 Å². The fraction of sp³-hybridized carbons (Fsp3) is 0.500. The molecular weight excluding hydrogens is 329 g/mol. The number of carbonyl (C=O) groups is 2. The maximum atomic E-state index is 12.9. The van der Waals surface area contributed by atoms with Gasteiger partial charge in [-0.1, -0.05) is 12.8 Å². The minimum absolute atomic E-state index is 0.0789. The first-order chi connectivity index (χ1) is 12.0. The highest BCUT2D eigenvalue weighted by Gasteiger charge is 2.26. The van der Waals surface area contributed by atoms with E-state index < -0.39 is 11.9 Å². The number of aromatic nitrogens is 3. The molecule has 3 heterocycles. The van der Waals surface area contributed by atoms with E-state index >= 15 is 0 Å². The third-order valence-electron chi connectivity index (χ3n) is 4.27. The summed E-state index contributed by atoms with van der Waals surface area (Å²) in [7, 11) is 0. The number of rotatable bonds is 3. The summed E-state index contributed by atoms with van der Waals surface area (Å²) in [6.07, 6.45) is 3.54. The second-order valence-electron chi connectivity index (χ2n) is 6.13. The maximum Gasteiger partial charge on any atom is 0.287 e. The minimum atomic E-state index is -0.805. The van der Waals surface area contributed by atoms with E-state index in [1.165, 1.54) is 6.07 Å². The number of furan rings is 1. The van der Waals surface area contributed by atoms with Gasteiger partial charge in [-0.15, -0.1) is 0 Å². The van der Waals surface area contributed by atoms with Crippen molar-refractivity contribution in [2.45, 2.75) is 38.6 Å². The van der Waals surface area contributed by atoms with Crippen LogP contribution in [0.2, 0.25) is 0 Å². The molecule has 0 bridgehead atoms. The Bertz CT molecular complexity index is 757. The summed E-state index contributed by atoms with van der Waals surface area (Å²) in [5.41, 5.74) is 0.831. The summed E-state index contributed by atoms with van der Waals surface area (Å²) in [6, 6.07) is 1.34. The van der Waals surface area contributed by atoms with Gasteiger partial charge in [0, 0.05) is 25.2 Å². The quantitative estimate of drug-likeness (QED) is 0.877. The fourth-order valence-electron chi connectivity index (χ4n) is 2.95. The van der Waals surface area contributed by atoms with E-state index in [4.69, 9.17) is 4.42 Å². The van der Waals surface area contributed by atoms with Gasteiger partial charge in [-0.25, -0.2) is 0 Å². The Labute approximate surface area is 143 Å². The molecule has 134 valence electrons. The van der Waals surface area contributed by atoms with Gasteiger partial charge < -0.3 is 14.6 Å². The molecule has 25 heavy (non-hydrogen) atoms. The van der Waals surface area contributed by atoms with Crippen molar-refractivity contribution in [3.8, 4) is 0 Å². The molecule has 1 fully saturated rings. The number of nitrogens with one attached hydrogen (secondary N) is 2. The first-order valence-electron chi connectivity index (χ1n) is 8.27. The van der Waals surface area contributed by atoms with Crippen LogP contribution in [0.5, 0.6) is 0 Å². The molecule has 0 spiro atoms. The monoisotopic (exact) mass is 349 g/mol. The Morgan fingerprint density at radius 2 is 2.16 bits per heavy atom. The van der Waals surface area contributed by atoms with Crippen LogP contribution in [0, 0.1) is 12.9 Å². The SMILES string of the molecule is Cc1n[nH]nc1C(=O)N1CCCCCC(NC(=O)c2ccc(F)o2)C1. The van der Waals surface area contributed by atoms with Gasteiger partial charge in [-0.3, -0.25) is 9.59 Å². The predicted octanol–water partition coefficient (Wildman–Crippen LogP) is 1.66. The van der Waals surface area contributed by atoms with Gasteiger partial charge in [-0.2, -0.15) is 19.8 Å². The van der Waals surface area contributed by atoms with Crippen LogP contribution in [0.3, 0.4) is 0 Å². The number of hydrogen-bond donors (Lipinski definition) is 2. The van der Waals surface area contributed by atoms with Gasteiger partial charge in [0.2, 0.25) is 0 Å². The van der Waals surface area contributed by atoms with Crippen LogP contribution in [0.25, 0.3) is 0 Å². The van der Waals surface area contributed by atoms with Gasteiger partial charge in [0.05, 0.1) is 5.69 Å². The highest BCUT2D eigenvalue weighted by Crippen LogP contribution is 2.15. The molecule has 2 aromatic heterocycles. The van der Waals surface area contributed by atoms with Crippen molar-refractivity contribution >= 4 is 11.8 Å². The van der Waals surface area contributed by atoms with Crippen LogP contribution in [-0.4, -0.2) is 51.3 Å². The Balaban J connectivity index is 1.69. The normalized spacial score (nSPS) is 18.5. The third kappa shape index (κ3) is 4.04. The lowest BCUT2D eigenvalue weighted by Gasteiger charge is -2.30. The van der Waals surface area contributed by atoms with Crippen molar-refractivity contribution in [2.24, 2.45) is 0 Å². The molecule has 9 heteroatoms. The zero-order chi connectivity index (χ0) is 17.8. The fourth-order valence-corrected chi connectivity index (χ4v) is 2.95. The van der Waals surface area contributed by atoms with Gasteiger partial charge in [0.15, 0.2) is 11.5 Å². The number of amides is 2. The number of hydrogen-bond acceptors (Lipinski definition) is 5. The summed E-state index contributed by atoms with van der Waals surface area (Å²) >= 11 is 0. The van der Waals surface area contributed by atoms with Crippen LogP contribution in [0.15, 0.2) is 16.5 Å². The Morgan fingerprint density at radius 1 is 1.32 bits per heavy atom. The highest BCUT2D eigenvalue weighted by molar-refractivity contribution is 5.93. The minimum Gasteiger partial charge on any atom is -0.426 e. The average molecular weight is 349 g/mol. The first-order valence-corrected chi connectivity index (χ1v) is 8.27. The summed E-state index contributed by atoms with van der Waals surface area (Å²) < 4.78 is 17.6. The molecule has 2 aromatic rings. The highest BCUT2D eigenvalue weighted by atomic mass is 19.1. The standard InChI is InChI=1S/C16H20FN5O3/c1-10-14(20-21-19-10)16(24)22-8-4-2-3-5-11(9-22)18-15(23)12-6-7-13(17)25-12/h6-7,11H,2-5,8-9H2,1H3,(H,18,23)(H,19,20,21). The second kappa shape index (κ2) is 7.45. The lowest BCUT2D eigenvalue weighted by molar-refractivity contribution is 0.0696. The van der Waals surface area contributed by atoms with E-state index in [2.05, 4.69) is 20.7 Å². The van der Waals surface area contributed by atoms with Crippen LogP contribution in [0.1, 0.15) is 52.4 Å². The summed E-state index contributed by atoms with van der Waals surface area (Å²) in [5, 5.41) is 13.1. The van der Waals surface area contributed by atoms with Crippen molar-refractivity contribution in [3.63, 3.8) is 0 Å². The second-order valence-corrected chi connectivity index (χ2v) is 6.13. The van der Waals surface area contributed by atoms with Gasteiger partial charge in [-0.05, 0) is 25.8 Å². The van der Waals surface area contributed by atoms with Crippen molar-refractivity contribution < 1.29 is 18.4 Å². The average Bonchev–Trinajstić information content (AvgIpc) is 3.17. The number of carbonyl (C=O) groups excluding carboxylic acids is 2. The third-order valence-corrected chi connectivity index (χ3v) is 4.27. The topological polar surface area (TPSA) is 104 Å². The smallest absolute Gasteiger partial charge is 0.287 e. The molecule has 1 aliphatic rings. The Hall–Kier alpha value is -2.71. The number of likely N-dealkylation sites (tertiary alicyclic amines) is 1. The number of aromatic amines is 1. The Kier molecular flexibility index (Phi) is 5.11. The summed E-state index contributed by atoms with van der Waals surface area (Å²) in [6.45, 7) is 2.67. The predicted molar refractivity (Wildman–Crippen MR) is 85.4 cm³/mol. The van der Waals surface area contributed by atoms with E-state index in [9.17, 15) is 14.0 Å². The van der Waals surface area contributed by atoms with E-state index in [0.29, 0.717) is 24.5 Å². The number of halogens is 1. The number of nitrogens with zero attached hydrogens (tertiary/aromatic N) is 3. The van der Waals surface area contributed by atoms with E-state index in [0.717, 1.165) is 31.7 Å². The van der Waals surface area contributed by atoms with Crippen molar-refractivity contribution in [3.05, 3.63) is 35.3 Å². The molecule has 0 saturated carbocycles. The molecular formula is C16H20FN5O3. The maximum absolute atomic E-state index is 12.9. The largest absolute Gasteiger partial charge is 0.426 e. The molecule has 8 nitrogen and oxygen atoms in total. The molecule has 0 aromatic carbocycles. The zero-order valence-electron chi connectivity index (χ0n) is 13.9. The summed E-state index contributed by atoms with van der Waals surface area (Å²) in [5.74, 6) is -0.777. The molecule has 1 saturated heterocycles. The lowest BCUT2D eigenvalue weighted by Crippen LogP contribution is -2.47. The van der Waals surface area contributed by atoms with E-state index in [-0.39, 0.29) is 17.7 Å². The summed E-state index contributed by atoms with van der Waals surface area (Å²) in [4.78, 5) is 26.5. The molecule has 3 rings (SSSR count). The van der Waals surface area contributed by atoms with Crippen LogP contribution >= 0.6 is 0 Å². The lowest BCUT2D eigenvalue weighted by atomic mass is 10.0. The molecule has 0 aliphatic carbocycles. The molecule has 2 amide bonds. The zero-order valence-corrected chi connectivity index (χ0v) is 13.9. The van der Waals surface area contributed by atoms with Gasteiger partial charge >= 0.3 is 0 Å². The Morgan fingerprint density at radius 3 is 2.84 bits per heavy atom. The number of aryl methyl sites for hydroxylation is 1. The molecule has 0 radical (unpaired) electrons. The van der Waals surface area contributed by atoms with Gasteiger partial charge in [0.1, 0.15) is 0 Å². The van der Waals surface area contributed by atoms with E-state index in [1.807, 2.05) is 0 Å². The van der Waals surface area contributed by atoms with Crippen molar-refractivity contribution in [1.29, 1.82) is 0 Å².